The second-order valence-corrected chi connectivity index (χ2v) is 14.7. The summed E-state index contributed by atoms with van der Waals surface area (Å²) in [5, 5.41) is 1.85. The van der Waals surface area contributed by atoms with E-state index in [0.717, 1.165) is 17.4 Å². The number of Topliss-reactive ketones (excluding diaryl/α,β-unsaturated/α-hetero) is 1. The average Bonchev–Trinajstić information content (AvgIpc) is 3.23. The largest absolute Gasteiger partial charge is 0.404 e. The fraction of sp³-hybridized carbons (Fsp3) is 0.577. The van der Waals surface area contributed by atoms with E-state index >= 15 is 0 Å². The van der Waals surface area contributed by atoms with Crippen molar-refractivity contribution >= 4 is 56.3 Å². The van der Waals surface area contributed by atoms with Gasteiger partial charge in [-0.1, -0.05) is 57.0 Å². The number of nitrogens with zero attached hydrogens (tertiary/aromatic N) is 1. The van der Waals surface area contributed by atoms with Crippen molar-refractivity contribution in [1.82, 2.24) is 15.0 Å². The summed E-state index contributed by atoms with van der Waals surface area (Å²) in [4.78, 5) is 29.4. The van der Waals surface area contributed by atoms with Crippen molar-refractivity contribution in [2.45, 2.75) is 83.5 Å². The maximum absolute atomic E-state index is 13.2. The first-order chi connectivity index (χ1) is 18.6. The smallest absolute Gasteiger partial charge is 0.378 e. The van der Waals surface area contributed by atoms with Gasteiger partial charge in [-0.15, -0.1) is 11.3 Å². The van der Waals surface area contributed by atoms with Crippen LogP contribution in [0.4, 0.5) is 13.2 Å². The standard InChI is InChI=1S/C26H34Cl2F3N3O5S2/c1-8-18(26(29,30)31)34-41(37,38)17-10-9-15(19(27)20(17)28)21-16(12-25(5,6)39-7)33-23(40-21)22(36)32-13-14(35)11-24(2,3)4/h9-10,18,34H,8,11-13H2,1-7H3,(H,32,36)/t18-/m0/s1. The second-order valence-electron chi connectivity index (χ2n) is 11.3. The summed E-state index contributed by atoms with van der Waals surface area (Å²) in [6.07, 6.45) is -4.86. The molecule has 0 saturated carbocycles. The van der Waals surface area contributed by atoms with Crippen molar-refractivity contribution in [2.24, 2.45) is 5.41 Å². The Morgan fingerprint density at radius 1 is 1.10 bits per heavy atom. The minimum atomic E-state index is -4.81. The summed E-state index contributed by atoms with van der Waals surface area (Å²) < 4.78 is 72.4. The van der Waals surface area contributed by atoms with Crippen LogP contribution < -0.4 is 10.0 Å². The maximum atomic E-state index is 13.2. The number of ketones is 1. The van der Waals surface area contributed by atoms with Gasteiger partial charge in [-0.3, -0.25) is 9.59 Å². The SMILES string of the molecule is CC[C@H](NS(=O)(=O)c1ccc(-c2sc(C(=O)NCC(=O)CC(C)(C)C)nc2CC(C)(C)OC)c(Cl)c1Cl)C(F)(F)F. The van der Waals surface area contributed by atoms with Crippen LogP contribution in [0.15, 0.2) is 17.0 Å². The first-order valence-electron chi connectivity index (χ1n) is 12.5. The number of aromatic nitrogens is 1. The summed E-state index contributed by atoms with van der Waals surface area (Å²) >= 11 is 13.7. The molecule has 2 N–H and O–H groups in total. The molecule has 1 atom stereocenters. The third-order valence-corrected chi connectivity index (χ3v) is 9.53. The van der Waals surface area contributed by atoms with E-state index in [-0.39, 0.29) is 46.2 Å². The highest BCUT2D eigenvalue weighted by atomic mass is 35.5. The molecule has 15 heteroatoms. The Kier molecular flexibility index (Phi) is 11.5. The Bertz CT molecular complexity index is 1390. The monoisotopic (exact) mass is 659 g/mol. The lowest BCUT2D eigenvalue weighted by atomic mass is 9.90. The molecule has 0 saturated heterocycles. The molecule has 1 aromatic carbocycles. The first kappa shape index (κ1) is 35.4. The highest BCUT2D eigenvalue weighted by molar-refractivity contribution is 7.89. The van der Waals surface area contributed by atoms with Gasteiger partial charge in [0.25, 0.3) is 5.91 Å². The third-order valence-electron chi connectivity index (χ3n) is 5.89. The molecule has 230 valence electrons. The summed E-state index contributed by atoms with van der Waals surface area (Å²) in [5.41, 5.74) is -0.358. The Balaban J connectivity index is 2.52. The van der Waals surface area contributed by atoms with Gasteiger partial charge in [-0.05, 0) is 31.7 Å². The summed E-state index contributed by atoms with van der Waals surface area (Å²) in [6.45, 7) is 10.3. The van der Waals surface area contributed by atoms with Gasteiger partial charge in [-0.2, -0.15) is 17.9 Å². The lowest BCUT2D eigenvalue weighted by Crippen LogP contribution is -2.44. The Labute approximate surface area is 252 Å². The highest BCUT2D eigenvalue weighted by Crippen LogP contribution is 2.42. The molecule has 2 aromatic rings. The van der Waals surface area contributed by atoms with Crippen LogP contribution in [-0.2, 0) is 26.0 Å². The van der Waals surface area contributed by atoms with Crippen molar-refractivity contribution in [2.75, 3.05) is 13.7 Å². The van der Waals surface area contributed by atoms with Gasteiger partial charge in [0.2, 0.25) is 10.0 Å². The number of hydrogen-bond acceptors (Lipinski definition) is 7. The fourth-order valence-electron chi connectivity index (χ4n) is 3.71. The number of amides is 1. The second kappa shape index (κ2) is 13.3. The van der Waals surface area contributed by atoms with Crippen LogP contribution in [0.25, 0.3) is 10.4 Å². The number of nitrogens with one attached hydrogen (secondary N) is 2. The van der Waals surface area contributed by atoms with Crippen LogP contribution in [0.2, 0.25) is 10.0 Å². The quantitative estimate of drug-likeness (QED) is 0.271. The number of carbonyl (C=O) groups is 2. The van der Waals surface area contributed by atoms with Crippen LogP contribution in [0.5, 0.6) is 0 Å². The van der Waals surface area contributed by atoms with Crippen molar-refractivity contribution < 1.29 is 35.9 Å². The number of ether oxygens (including phenoxy) is 1. The van der Waals surface area contributed by atoms with Gasteiger partial charge < -0.3 is 10.1 Å². The van der Waals surface area contributed by atoms with Crippen LogP contribution in [-0.4, -0.2) is 56.6 Å². The van der Waals surface area contributed by atoms with E-state index in [0.29, 0.717) is 10.6 Å². The number of carbonyl (C=O) groups excluding carboxylic acids is 2. The van der Waals surface area contributed by atoms with E-state index in [9.17, 15) is 31.2 Å². The van der Waals surface area contributed by atoms with Crippen molar-refractivity contribution in [3.63, 3.8) is 0 Å². The topological polar surface area (TPSA) is 114 Å². The number of hydrogen-bond donors (Lipinski definition) is 2. The lowest BCUT2D eigenvalue weighted by Gasteiger charge is -2.22. The van der Waals surface area contributed by atoms with Crippen LogP contribution in [0, 0.1) is 5.41 Å². The number of sulfonamides is 1. The molecule has 0 aliphatic carbocycles. The molecule has 0 aliphatic heterocycles. The van der Waals surface area contributed by atoms with Gasteiger partial charge in [0.05, 0.1) is 32.8 Å². The first-order valence-corrected chi connectivity index (χ1v) is 15.6. The average molecular weight is 661 g/mol. The molecule has 1 amide bonds. The Morgan fingerprint density at radius 3 is 2.22 bits per heavy atom. The summed E-state index contributed by atoms with van der Waals surface area (Å²) in [6, 6.07) is 0.0239. The molecular weight excluding hydrogens is 626 g/mol. The van der Waals surface area contributed by atoms with E-state index in [1.54, 1.807) is 18.6 Å². The number of benzene rings is 1. The molecule has 2 rings (SSSR count). The van der Waals surface area contributed by atoms with E-state index in [2.05, 4.69) is 10.3 Å². The van der Waals surface area contributed by atoms with Crippen LogP contribution in [0.1, 0.15) is 69.9 Å². The van der Waals surface area contributed by atoms with Gasteiger partial charge in [0.1, 0.15) is 10.9 Å². The number of methoxy groups -OCH3 is 1. The van der Waals surface area contributed by atoms with E-state index in [1.165, 1.54) is 20.1 Å². The molecule has 0 spiro atoms. The van der Waals surface area contributed by atoms with E-state index in [4.69, 9.17) is 27.9 Å². The zero-order valence-electron chi connectivity index (χ0n) is 23.8. The number of alkyl halides is 3. The molecule has 0 aliphatic rings. The molecule has 0 radical (unpaired) electrons. The molecule has 0 fully saturated rings. The van der Waals surface area contributed by atoms with Crippen molar-refractivity contribution in [3.05, 3.63) is 32.9 Å². The predicted molar refractivity (Wildman–Crippen MR) is 154 cm³/mol. The zero-order chi connectivity index (χ0) is 31.6. The van der Waals surface area contributed by atoms with Crippen molar-refractivity contribution in [3.8, 4) is 10.4 Å². The zero-order valence-corrected chi connectivity index (χ0v) is 26.9. The number of thiazole rings is 1. The fourth-order valence-corrected chi connectivity index (χ4v) is 6.97. The van der Waals surface area contributed by atoms with Gasteiger partial charge >= 0.3 is 6.18 Å². The molecule has 8 nitrogen and oxygen atoms in total. The van der Waals surface area contributed by atoms with Crippen molar-refractivity contribution in [1.29, 1.82) is 0 Å². The molecular formula is C26H34Cl2F3N3O5S2. The maximum Gasteiger partial charge on any atom is 0.404 e. The summed E-state index contributed by atoms with van der Waals surface area (Å²) in [7, 11) is -3.20. The third kappa shape index (κ3) is 9.62. The predicted octanol–water partition coefficient (Wildman–Crippen LogP) is 6.44. The molecule has 1 heterocycles. The molecule has 41 heavy (non-hydrogen) atoms. The summed E-state index contributed by atoms with van der Waals surface area (Å²) in [5.74, 6) is -0.747. The van der Waals surface area contributed by atoms with Gasteiger partial charge in [-0.25, -0.2) is 13.4 Å². The Hall–Kier alpha value is -1.77. The normalized spacial score (nSPS) is 13.8. The minimum Gasteiger partial charge on any atom is -0.378 e. The van der Waals surface area contributed by atoms with Crippen LogP contribution >= 0.6 is 34.5 Å². The molecule has 1 aromatic heterocycles. The molecule has 0 bridgehead atoms. The van der Waals surface area contributed by atoms with Crippen LogP contribution in [0.3, 0.4) is 0 Å². The lowest BCUT2D eigenvalue weighted by molar-refractivity contribution is -0.151. The minimum absolute atomic E-state index is 0.0204. The van der Waals surface area contributed by atoms with Gasteiger partial charge in [0.15, 0.2) is 10.8 Å². The number of halogens is 5. The van der Waals surface area contributed by atoms with E-state index in [1.807, 2.05) is 20.8 Å². The number of rotatable bonds is 12. The van der Waals surface area contributed by atoms with Gasteiger partial charge in [0, 0.05) is 25.5 Å². The Morgan fingerprint density at radius 2 is 1.71 bits per heavy atom. The van der Waals surface area contributed by atoms with E-state index < -0.39 is 50.1 Å². The molecule has 0 unspecified atom stereocenters. The highest BCUT2D eigenvalue weighted by Gasteiger charge is 2.41.